The van der Waals surface area contributed by atoms with Crippen LogP contribution < -0.4 is 5.32 Å². The zero-order valence-electron chi connectivity index (χ0n) is 12.0. The number of thiophene rings is 1. The summed E-state index contributed by atoms with van der Waals surface area (Å²) in [6, 6.07) is 9.94. The van der Waals surface area contributed by atoms with E-state index in [0.717, 1.165) is 12.1 Å². The summed E-state index contributed by atoms with van der Waals surface area (Å²) in [4.78, 5) is 11.9. The highest BCUT2D eigenvalue weighted by Gasteiger charge is 2.27. The first-order chi connectivity index (χ1) is 10.2. The van der Waals surface area contributed by atoms with Crippen LogP contribution in [0.5, 0.6) is 0 Å². The fourth-order valence-electron chi connectivity index (χ4n) is 2.57. The highest BCUT2D eigenvalue weighted by atomic mass is 32.2. The summed E-state index contributed by atoms with van der Waals surface area (Å²) in [7, 11) is 1.41. The molecule has 0 bridgehead atoms. The number of ether oxygens (including phenoxy) is 1. The molecule has 0 amide bonds. The molecular weight excluding hydrogens is 302 g/mol. The Balaban J connectivity index is 1.90. The average Bonchev–Trinajstić information content (AvgIpc) is 2.95. The number of carbonyl (C=O) groups is 1. The van der Waals surface area contributed by atoms with Gasteiger partial charge in [0.05, 0.1) is 22.9 Å². The largest absolute Gasteiger partial charge is 0.465 e. The second-order valence-electron chi connectivity index (χ2n) is 5.06. The molecule has 0 fully saturated rings. The molecule has 1 unspecified atom stereocenters. The van der Waals surface area contributed by atoms with Gasteiger partial charge in [0.2, 0.25) is 0 Å². The number of fused-ring (bicyclic) bond motifs is 1. The second-order valence-corrected chi connectivity index (χ2v) is 7.68. The number of para-hydroxylation sites is 1. The first-order valence-electron chi connectivity index (χ1n) is 6.87. The molecule has 1 N–H and O–H groups in total. The zero-order chi connectivity index (χ0) is 14.8. The van der Waals surface area contributed by atoms with Crippen molar-refractivity contribution in [2.45, 2.75) is 28.8 Å². The zero-order valence-corrected chi connectivity index (χ0v) is 13.6. The maximum atomic E-state index is 11.9. The fourth-order valence-corrected chi connectivity index (χ4v) is 5.14. The lowest BCUT2D eigenvalue weighted by Gasteiger charge is -2.28. The number of methoxy groups -OCH3 is 1. The number of nitrogens with one attached hydrogen (secondary N) is 1. The summed E-state index contributed by atoms with van der Waals surface area (Å²) in [5, 5.41) is 6.23. The molecule has 5 heteroatoms. The van der Waals surface area contributed by atoms with Crippen LogP contribution in [-0.2, 0) is 4.74 Å². The van der Waals surface area contributed by atoms with Crippen LogP contribution >= 0.6 is 23.1 Å². The van der Waals surface area contributed by atoms with Crippen LogP contribution in [0.1, 0.15) is 35.3 Å². The second kappa shape index (κ2) is 6.12. The Hall–Kier alpha value is -1.46. The van der Waals surface area contributed by atoms with Crippen LogP contribution in [0.3, 0.4) is 0 Å². The Labute approximate surface area is 132 Å². The van der Waals surface area contributed by atoms with Crippen molar-refractivity contribution in [1.29, 1.82) is 0 Å². The third-order valence-corrected chi connectivity index (χ3v) is 5.92. The third kappa shape index (κ3) is 2.94. The van der Waals surface area contributed by atoms with Crippen molar-refractivity contribution >= 4 is 34.8 Å². The first-order valence-corrected chi connectivity index (χ1v) is 8.63. The Morgan fingerprint density at radius 3 is 2.95 bits per heavy atom. The topological polar surface area (TPSA) is 38.3 Å². The predicted octanol–water partition coefficient (Wildman–Crippen LogP) is 4.57. The van der Waals surface area contributed by atoms with E-state index >= 15 is 0 Å². The minimum absolute atomic E-state index is 0.244. The van der Waals surface area contributed by atoms with Crippen LogP contribution in [0, 0.1) is 0 Å². The Morgan fingerprint density at radius 2 is 2.14 bits per heavy atom. The molecule has 0 spiro atoms. The number of anilines is 1. The summed E-state index contributed by atoms with van der Waals surface area (Å²) >= 11 is 3.72. The summed E-state index contributed by atoms with van der Waals surface area (Å²) < 4.78 is 6.24. The number of hydrogen-bond donors (Lipinski definition) is 1. The molecule has 0 aliphatic carbocycles. The molecule has 0 radical (unpaired) electrons. The normalized spacial score (nSPS) is 20.7. The van der Waals surface area contributed by atoms with Gasteiger partial charge in [0.25, 0.3) is 0 Å². The minimum Gasteiger partial charge on any atom is -0.465 e. The lowest BCUT2D eigenvalue weighted by molar-refractivity contribution is 0.0602. The van der Waals surface area contributed by atoms with Gasteiger partial charge in [0, 0.05) is 10.9 Å². The number of thioether (sulfide) groups is 1. The van der Waals surface area contributed by atoms with Gasteiger partial charge in [-0.25, -0.2) is 4.79 Å². The Kier molecular flexibility index (Phi) is 4.22. The summed E-state index contributed by atoms with van der Waals surface area (Å²) in [5.41, 5.74) is 2.76. The van der Waals surface area contributed by atoms with Gasteiger partial charge in [-0.3, -0.25) is 0 Å². The Bertz CT molecular complexity index is 653. The van der Waals surface area contributed by atoms with E-state index in [0.29, 0.717) is 10.8 Å². The van der Waals surface area contributed by atoms with Gasteiger partial charge >= 0.3 is 5.97 Å². The van der Waals surface area contributed by atoms with E-state index in [9.17, 15) is 4.79 Å². The molecule has 0 saturated heterocycles. The molecular formula is C16H17NO2S2. The van der Waals surface area contributed by atoms with E-state index < -0.39 is 0 Å². The fraction of sp³-hybridized carbons (Fsp3) is 0.312. The highest BCUT2D eigenvalue weighted by molar-refractivity contribution is 8.01. The van der Waals surface area contributed by atoms with E-state index in [4.69, 9.17) is 4.74 Å². The number of carbonyl (C=O) groups excluding carboxylic acids is 1. The lowest BCUT2D eigenvalue weighted by Crippen LogP contribution is -2.20. The van der Waals surface area contributed by atoms with Crippen molar-refractivity contribution in [2.75, 3.05) is 12.4 Å². The number of rotatable bonds is 3. The lowest BCUT2D eigenvalue weighted by atomic mass is 10.0. The van der Waals surface area contributed by atoms with Gasteiger partial charge < -0.3 is 10.1 Å². The molecule has 1 aromatic carbocycles. The molecule has 2 aromatic rings. The smallest absolute Gasteiger partial charge is 0.339 e. The van der Waals surface area contributed by atoms with E-state index in [-0.39, 0.29) is 12.0 Å². The SMILES string of the molecule is COC(=O)c1ccccc1NC1C[C@H](C)Sc2sccc21. The average molecular weight is 319 g/mol. The van der Waals surface area contributed by atoms with Gasteiger partial charge in [-0.05, 0) is 35.6 Å². The molecule has 2 heterocycles. The molecule has 21 heavy (non-hydrogen) atoms. The molecule has 3 nitrogen and oxygen atoms in total. The number of hydrogen-bond acceptors (Lipinski definition) is 5. The van der Waals surface area contributed by atoms with Crippen molar-refractivity contribution in [3.05, 3.63) is 46.8 Å². The van der Waals surface area contributed by atoms with E-state index in [1.807, 2.05) is 30.0 Å². The van der Waals surface area contributed by atoms with Crippen LogP contribution in [0.25, 0.3) is 0 Å². The Morgan fingerprint density at radius 1 is 1.33 bits per heavy atom. The van der Waals surface area contributed by atoms with Crippen LogP contribution in [0.2, 0.25) is 0 Å². The predicted molar refractivity (Wildman–Crippen MR) is 88.4 cm³/mol. The molecule has 1 aromatic heterocycles. The minimum atomic E-state index is -0.304. The summed E-state index contributed by atoms with van der Waals surface area (Å²) in [6.45, 7) is 2.24. The maximum Gasteiger partial charge on any atom is 0.339 e. The summed E-state index contributed by atoms with van der Waals surface area (Å²) in [5.74, 6) is -0.304. The van der Waals surface area contributed by atoms with Crippen molar-refractivity contribution in [3.8, 4) is 0 Å². The summed E-state index contributed by atoms with van der Waals surface area (Å²) in [6.07, 6.45) is 1.05. The molecule has 0 saturated carbocycles. The monoisotopic (exact) mass is 319 g/mol. The van der Waals surface area contributed by atoms with Crippen LogP contribution in [0.15, 0.2) is 39.9 Å². The molecule has 1 aliphatic heterocycles. The molecule has 110 valence electrons. The standard InChI is InChI=1S/C16H17NO2S2/c1-10-9-14(12-7-8-20-16(12)21-10)17-13-6-4-3-5-11(13)15(18)19-2/h3-8,10,14,17H,9H2,1-2H3/t10-,14?/m0/s1. The quantitative estimate of drug-likeness (QED) is 0.841. The van der Waals surface area contributed by atoms with Gasteiger partial charge in [0.1, 0.15) is 0 Å². The van der Waals surface area contributed by atoms with Gasteiger partial charge in [0.15, 0.2) is 0 Å². The molecule has 1 aliphatic rings. The van der Waals surface area contributed by atoms with E-state index in [1.54, 1.807) is 17.4 Å². The van der Waals surface area contributed by atoms with Gasteiger partial charge in [-0.15, -0.1) is 23.1 Å². The number of benzene rings is 1. The van der Waals surface area contributed by atoms with Crippen molar-refractivity contribution in [1.82, 2.24) is 0 Å². The molecule has 3 rings (SSSR count). The van der Waals surface area contributed by atoms with Crippen molar-refractivity contribution in [2.24, 2.45) is 0 Å². The van der Waals surface area contributed by atoms with Gasteiger partial charge in [-0.2, -0.15) is 0 Å². The van der Waals surface area contributed by atoms with E-state index in [1.165, 1.54) is 16.9 Å². The van der Waals surface area contributed by atoms with Crippen molar-refractivity contribution < 1.29 is 9.53 Å². The van der Waals surface area contributed by atoms with E-state index in [2.05, 4.69) is 23.7 Å². The highest BCUT2D eigenvalue weighted by Crippen LogP contribution is 2.45. The number of esters is 1. The van der Waals surface area contributed by atoms with Crippen LogP contribution in [0.4, 0.5) is 5.69 Å². The van der Waals surface area contributed by atoms with Gasteiger partial charge in [-0.1, -0.05) is 19.1 Å². The van der Waals surface area contributed by atoms with Crippen molar-refractivity contribution in [3.63, 3.8) is 0 Å². The first kappa shape index (κ1) is 14.5. The van der Waals surface area contributed by atoms with Crippen LogP contribution in [-0.4, -0.2) is 18.3 Å². The maximum absolute atomic E-state index is 11.9. The molecule has 2 atom stereocenters. The third-order valence-electron chi connectivity index (χ3n) is 3.57.